The first-order chi connectivity index (χ1) is 14.4. The van der Waals surface area contributed by atoms with Crippen molar-refractivity contribution in [2.45, 2.75) is 26.7 Å². The van der Waals surface area contributed by atoms with Crippen LogP contribution in [0.3, 0.4) is 0 Å². The lowest BCUT2D eigenvalue weighted by Crippen LogP contribution is -2.18. The van der Waals surface area contributed by atoms with Crippen LogP contribution in [0, 0.1) is 5.92 Å². The normalized spacial score (nSPS) is 12.7. The van der Waals surface area contributed by atoms with Gasteiger partial charge < -0.3 is 25.2 Å². The van der Waals surface area contributed by atoms with E-state index >= 15 is 0 Å². The zero-order valence-corrected chi connectivity index (χ0v) is 16.9. The molecule has 0 unspecified atom stereocenters. The summed E-state index contributed by atoms with van der Waals surface area (Å²) in [5.74, 6) is -1.12. The lowest BCUT2D eigenvalue weighted by molar-refractivity contribution is -0.117. The van der Waals surface area contributed by atoms with E-state index in [1.54, 1.807) is 31.2 Å². The summed E-state index contributed by atoms with van der Waals surface area (Å²) in [5.41, 5.74) is 0.693. The van der Waals surface area contributed by atoms with Crippen LogP contribution in [0.4, 0.5) is 11.4 Å². The highest BCUT2D eigenvalue weighted by molar-refractivity contribution is 6.11. The van der Waals surface area contributed by atoms with Crippen LogP contribution in [0.1, 0.15) is 47.4 Å². The minimum atomic E-state index is -1.20. The van der Waals surface area contributed by atoms with Crippen molar-refractivity contribution in [3.8, 4) is 11.5 Å². The van der Waals surface area contributed by atoms with Crippen LogP contribution in [-0.4, -0.2) is 36.1 Å². The molecule has 1 saturated carbocycles. The fourth-order valence-corrected chi connectivity index (χ4v) is 2.94. The molecule has 2 amide bonds. The highest BCUT2D eigenvalue weighted by Crippen LogP contribution is 2.39. The highest BCUT2D eigenvalue weighted by Gasteiger charge is 2.30. The second kappa shape index (κ2) is 9.30. The van der Waals surface area contributed by atoms with Crippen LogP contribution in [0.25, 0.3) is 0 Å². The Morgan fingerprint density at radius 3 is 1.97 bits per heavy atom. The van der Waals surface area contributed by atoms with E-state index in [0.717, 1.165) is 12.8 Å². The molecular formula is C22H24N2O6. The van der Waals surface area contributed by atoms with Gasteiger partial charge in [-0.2, -0.15) is 0 Å². The van der Waals surface area contributed by atoms with E-state index in [2.05, 4.69) is 10.6 Å². The number of benzene rings is 2. The van der Waals surface area contributed by atoms with Gasteiger partial charge in [0, 0.05) is 18.1 Å². The minimum Gasteiger partial charge on any atom is -0.492 e. The van der Waals surface area contributed by atoms with Crippen LogP contribution >= 0.6 is 0 Å². The molecular weight excluding hydrogens is 388 g/mol. The number of hydrogen-bond donors (Lipinski definition) is 3. The predicted molar refractivity (Wildman–Crippen MR) is 111 cm³/mol. The average molecular weight is 412 g/mol. The molecule has 0 aliphatic heterocycles. The summed E-state index contributed by atoms with van der Waals surface area (Å²) in [4.78, 5) is 36.4. The summed E-state index contributed by atoms with van der Waals surface area (Å²) in [6.45, 7) is 4.29. The second-order valence-electron chi connectivity index (χ2n) is 6.78. The first-order valence-electron chi connectivity index (χ1n) is 9.82. The third-order valence-electron chi connectivity index (χ3n) is 4.54. The molecule has 2 aromatic carbocycles. The molecule has 8 nitrogen and oxygen atoms in total. The Bertz CT molecular complexity index is 968. The fourth-order valence-electron chi connectivity index (χ4n) is 2.94. The molecule has 3 rings (SSSR count). The summed E-state index contributed by atoms with van der Waals surface area (Å²) in [7, 11) is 0. The Hall–Kier alpha value is -3.55. The van der Waals surface area contributed by atoms with Gasteiger partial charge in [-0.15, -0.1) is 0 Å². The number of anilines is 2. The number of rotatable bonds is 9. The Morgan fingerprint density at radius 2 is 1.47 bits per heavy atom. The summed E-state index contributed by atoms with van der Waals surface area (Å²) < 4.78 is 11.3. The van der Waals surface area contributed by atoms with Crippen LogP contribution in [0.15, 0.2) is 36.4 Å². The van der Waals surface area contributed by atoms with Gasteiger partial charge in [-0.3, -0.25) is 9.59 Å². The van der Waals surface area contributed by atoms with Gasteiger partial charge in [0.15, 0.2) is 0 Å². The molecule has 0 radical (unpaired) electrons. The number of carboxylic acid groups (broad SMARTS) is 1. The second-order valence-corrected chi connectivity index (χ2v) is 6.78. The Morgan fingerprint density at radius 1 is 0.933 bits per heavy atom. The number of aromatic carboxylic acids is 1. The van der Waals surface area contributed by atoms with E-state index < -0.39 is 11.9 Å². The Kier molecular flexibility index (Phi) is 6.56. The van der Waals surface area contributed by atoms with Crippen molar-refractivity contribution in [1.82, 2.24) is 0 Å². The molecule has 0 bridgehead atoms. The van der Waals surface area contributed by atoms with Crippen LogP contribution in [0.5, 0.6) is 11.5 Å². The van der Waals surface area contributed by atoms with E-state index in [0.29, 0.717) is 36.1 Å². The maximum Gasteiger partial charge on any atom is 0.336 e. The Balaban J connectivity index is 1.94. The van der Waals surface area contributed by atoms with Gasteiger partial charge in [0.05, 0.1) is 35.7 Å². The van der Waals surface area contributed by atoms with Gasteiger partial charge in [-0.1, -0.05) is 12.1 Å². The largest absolute Gasteiger partial charge is 0.492 e. The van der Waals surface area contributed by atoms with E-state index in [1.807, 2.05) is 6.92 Å². The zero-order valence-electron chi connectivity index (χ0n) is 16.9. The van der Waals surface area contributed by atoms with Crippen molar-refractivity contribution in [2.75, 3.05) is 23.8 Å². The van der Waals surface area contributed by atoms with Crippen LogP contribution in [-0.2, 0) is 4.79 Å². The molecule has 0 atom stereocenters. The van der Waals surface area contributed by atoms with E-state index in [-0.39, 0.29) is 23.0 Å². The van der Waals surface area contributed by atoms with Crippen molar-refractivity contribution in [3.05, 3.63) is 47.5 Å². The predicted octanol–water partition coefficient (Wildman–Crippen LogP) is 3.78. The topological polar surface area (TPSA) is 114 Å². The maximum absolute atomic E-state index is 12.8. The number of nitrogens with one attached hydrogen (secondary N) is 2. The fraction of sp³-hybridized carbons (Fsp3) is 0.318. The number of ether oxygens (including phenoxy) is 2. The van der Waals surface area contributed by atoms with Gasteiger partial charge in [0.25, 0.3) is 5.91 Å². The molecule has 0 aromatic heterocycles. The molecule has 8 heteroatoms. The van der Waals surface area contributed by atoms with Gasteiger partial charge in [-0.05, 0) is 38.8 Å². The van der Waals surface area contributed by atoms with Gasteiger partial charge in [0.1, 0.15) is 11.5 Å². The van der Waals surface area contributed by atoms with Crippen LogP contribution in [0.2, 0.25) is 0 Å². The average Bonchev–Trinajstić information content (AvgIpc) is 3.56. The number of carbonyl (C=O) groups excluding carboxylic acids is 2. The number of carboxylic acids is 1. The van der Waals surface area contributed by atoms with E-state index in [9.17, 15) is 19.5 Å². The molecule has 0 saturated heterocycles. The molecule has 1 aliphatic carbocycles. The van der Waals surface area contributed by atoms with Gasteiger partial charge >= 0.3 is 5.97 Å². The third kappa shape index (κ3) is 4.89. The zero-order chi connectivity index (χ0) is 21.7. The van der Waals surface area contributed by atoms with Gasteiger partial charge in [-0.25, -0.2) is 4.79 Å². The van der Waals surface area contributed by atoms with Gasteiger partial charge in [0.2, 0.25) is 5.91 Å². The maximum atomic E-state index is 12.8. The molecule has 1 fully saturated rings. The molecule has 3 N–H and O–H groups in total. The summed E-state index contributed by atoms with van der Waals surface area (Å²) >= 11 is 0. The Labute approximate surface area is 174 Å². The van der Waals surface area contributed by atoms with E-state index in [4.69, 9.17) is 9.47 Å². The highest BCUT2D eigenvalue weighted by atomic mass is 16.5. The lowest BCUT2D eigenvalue weighted by Gasteiger charge is -2.18. The summed E-state index contributed by atoms with van der Waals surface area (Å²) in [5, 5.41) is 14.9. The molecule has 0 spiro atoms. The van der Waals surface area contributed by atoms with Crippen molar-refractivity contribution >= 4 is 29.2 Å². The number of amides is 2. The van der Waals surface area contributed by atoms with Crippen molar-refractivity contribution in [3.63, 3.8) is 0 Å². The lowest BCUT2D eigenvalue weighted by atomic mass is 10.1. The molecule has 0 heterocycles. The van der Waals surface area contributed by atoms with Crippen LogP contribution < -0.4 is 20.1 Å². The molecule has 2 aromatic rings. The SMILES string of the molecule is CCOc1cc(NC(=O)C2CC2)c(OCC)cc1NC(=O)c1ccccc1C(=O)O. The quantitative estimate of drug-likeness (QED) is 0.577. The molecule has 158 valence electrons. The van der Waals surface area contributed by atoms with Crippen molar-refractivity contribution in [1.29, 1.82) is 0 Å². The standard InChI is InChI=1S/C22H24N2O6/c1-3-29-18-12-17(24-21(26)14-7-5-6-8-15(14)22(27)28)19(30-4-2)11-16(18)23-20(25)13-9-10-13/h5-8,11-13H,3-4,9-10H2,1-2H3,(H,23,25)(H,24,26)(H,27,28). The molecule has 1 aliphatic rings. The smallest absolute Gasteiger partial charge is 0.336 e. The number of carbonyl (C=O) groups is 3. The van der Waals surface area contributed by atoms with Crippen molar-refractivity contribution in [2.24, 2.45) is 5.92 Å². The third-order valence-corrected chi connectivity index (χ3v) is 4.54. The monoisotopic (exact) mass is 412 g/mol. The summed E-state index contributed by atoms with van der Waals surface area (Å²) in [6, 6.07) is 9.12. The minimum absolute atomic E-state index is 0.0157. The summed E-state index contributed by atoms with van der Waals surface area (Å²) in [6.07, 6.45) is 1.73. The van der Waals surface area contributed by atoms with E-state index in [1.165, 1.54) is 12.1 Å². The number of hydrogen-bond acceptors (Lipinski definition) is 5. The first-order valence-corrected chi connectivity index (χ1v) is 9.82. The van der Waals surface area contributed by atoms with Crippen molar-refractivity contribution < 1.29 is 29.0 Å². The molecule has 30 heavy (non-hydrogen) atoms. The first kappa shape index (κ1) is 21.2.